The maximum absolute atomic E-state index is 12.7. The summed E-state index contributed by atoms with van der Waals surface area (Å²) in [6, 6.07) is 6.42. The number of aromatic nitrogens is 4. The fourth-order valence-electron chi connectivity index (χ4n) is 3.74. The number of carbonyl (C=O) groups excluding carboxylic acids is 1. The lowest BCUT2D eigenvalue weighted by Crippen LogP contribution is -2.46. The second kappa shape index (κ2) is 8.42. The van der Waals surface area contributed by atoms with Crippen molar-refractivity contribution in [3.63, 3.8) is 0 Å². The second-order valence-corrected chi connectivity index (χ2v) is 9.11. The summed E-state index contributed by atoms with van der Waals surface area (Å²) in [6.45, 7) is 10.5. The highest BCUT2D eigenvalue weighted by molar-refractivity contribution is 8.00. The Hall–Kier alpha value is -1.89. The highest BCUT2D eigenvalue weighted by Crippen LogP contribution is 2.30. The zero-order chi connectivity index (χ0) is 19.6. The minimum atomic E-state index is -0.259. The molecule has 0 saturated heterocycles. The van der Waals surface area contributed by atoms with Crippen LogP contribution in [0.4, 0.5) is 0 Å². The minimum absolute atomic E-state index is 0.0566. The summed E-state index contributed by atoms with van der Waals surface area (Å²) in [5.41, 5.74) is 3.24. The Labute approximate surface area is 165 Å². The van der Waals surface area contributed by atoms with E-state index in [4.69, 9.17) is 0 Å². The van der Waals surface area contributed by atoms with Crippen molar-refractivity contribution in [2.45, 2.75) is 70.3 Å². The molecule has 7 heteroatoms. The summed E-state index contributed by atoms with van der Waals surface area (Å²) < 4.78 is 1.72. The van der Waals surface area contributed by atoms with Crippen LogP contribution in [0.2, 0.25) is 0 Å². The Bertz CT molecular complexity index is 805. The largest absolute Gasteiger partial charge is 0.352 e. The van der Waals surface area contributed by atoms with E-state index in [-0.39, 0.29) is 17.2 Å². The molecule has 146 valence electrons. The van der Waals surface area contributed by atoms with Gasteiger partial charge in [0.15, 0.2) is 0 Å². The molecule has 2 aromatic rings. The molecule has 27 heavy (non-hydrogen) atoms. The van der Waals surface area contributed by atoms with E-state index in [1.54, 1.807) is 4.68 Å². The van der Waals surface area contributed by atoms with Gasteiger partial charge in [-0.3, -0.25) is 4.79 Å². The third kappa shape index (κ3) is 4.51. The third-order valence-electron chi connectivity index (χ3n) is 5.71. The summed E-state index contributed by atoms with van der Waals surface area (Å²) in [5.74, 6) is 1.23. The number of nitrogens with zero attached hydrogens (tertiary/aromatic N) is 4. The van der Waals surface area contributed by atoms with Gasteiger partial charge < -0.3 is 5.32 Å². The number of aryl methyl sites for hydroxylation is 2. The zero-order valence-corrected chi connectivity index (χ0v) is 17.6. The third-order valence-corrected chi connectivity index (χ3v) is 6.74. The topological polar surface area (TPSA) is 72.7 Å². The minimum Gasteiger partial charge on any atom is -0.352 e. The standard InChI is InChI=1S/C20H29N5OS/c1-12-9-10-18(14(3)11-12)25-20(22-23-24-25)27-16(5)19(26)21-17-8-6-7-13(2)15(17)4/h9-11,13,15-17H,6-8H2,1-5H3,(H,21,26)/t13-,15+,16+,17-/m0/s1. The first-order valence-electron chi connectivity index (χ1n) is 9.70. The smallest absolute Gasteiger partial charge is 0.233 e. The van der Waals surface area contributed by atoms with Crippen molar-refractivity contribution < 1.29 is 4.79 Å². The summed E-state index contributed by atoms with van der Waals surface area (Å²) >= 11 is 1.40. The molecule has 1 aliphatic rings. The number of hydrogen-bond donors (Lipinski definition) is 1. The summed E-state index contributed by atoms with van der Waals surface area (Å²) in [5, 5.41) is 15.7. The normalized spacial score (nSPS) is 23.8. The Morgan fingerprint density at radius 3 is 2.81 bits per heavy atom. The van der Waals surface area contributed by atoms with Crippen LogP contribution in [0.25, 0.3) is 5.69 Å². The molecule has 4 atom stereocenters. The molecule has 0 radical (unpaired) electrons. The summed E-state index contributed by atoms with van der Waals surface area (Å²) in [4.78, 5) is 12.7. The number of benzene rings is 1. The zero-order valence-electron chi connectivity index (χ0n) is 16.8. The van der Waals surface area contributed by atoms with Crippen LogP contribution in [0.5, 0.6) is 0 Å². The number of hydrogen-bond acceptors (Lipinski definition) is 5. The fourth-order valence-corrected chi connectivity index (χ4v) is 4.55. The van der Waals surface area contributed by atoms with Crippen molar-refractivity contribution in [2.24, 2.45) is 11.8 Å². The van der Waals surface area contributed by atoms with Gasteiger partial charge in [-0.15, -0.1) is 5.10 Å². The van der Waals surface area contributed by atoms with Crippen molar-refractivity contribution in [3.05, 3.63) is 29.3 Å². The van der Waals surface area contributed by atoms with Gasteiger partial charge in [0, 0.05) is 6.04 Å². The van der Waals surface area contributed by atoms with E-state index in [0.29, 0.717) is 17.0 Å². The van der Waals surface area contributed by atoms with Crippen LogP contribution in [0.1, 0.15) is 51.2 Å². The molecule has 0 spiro atoms. The van der Waals surface area contributed by atoms with Gasteiger partial charge in [-0.2, -0.15) is 4.68 Å². The van der Waals surface area contributed by atoms with Crippen LogP contribution in [-0.2, 0) is 4.79 Å². The lowest BCUT2D eigenvalue weighted by molar-refractivity contribution is -0.121. The number of amides is 1. The predicted octanol–water partition coefficient (Wildman–Crippen LogP) is 3.70. The van der Waals surface area contributed by atoms with Crippen LogP contribution in [-0.4, -0.2) is 37.4 Å². The van der Waals surface area contributed by atoms with Crippen LogP contribution in [0.3, 0.4) is 0 Å². The highest BCUT2D eigenvalue weighted by atomic mass is 32.2. The van der Waals surface area contributed by atoms with Gasteiger partial charge in [0.2, 0.25) is 11.1 Å². The molecule has 1 N–H and O–H groups in total. The van der Waals surface area contributed by atoms with E-state index in [2.05, 4.69) is 47.7 Å². The van der Waals surface area contributed by atoms with Gasteiger partial charge in [0.25, 0.3) is 0 Å². The monoisotopic (exact) mass is 387 g/mol. The Morgan fingerprint density at radius 2 is 2.07 bits per heavy atom. The number of carbonyl (C=O) groups is 1. The molecule has 1 aliphatic carbocycles. The number of thioether (sulfide) groups is 1. The Morgan fingerprint density at radius 1 is 1.30 bits per heavy atom. The van der Waals surface area contributed by atoms with Crippen LogP contribution in [0.15, 0.2) is 23.4 Å². The van der Waals surface area contributed by atoms with E-state index in [1.165, 1.54) is 30.2 Å². The summed E-state index contributed by atoms with van der Waals surface area (Å²) in [7, 11) is 0. The molecular weight excluding hydrogens is 358 g/mol. The molecule has 1 heterocycles. The first kappa shape index (κ1) is 19.9. The van der Waals surface area contributed by atoms with Crippen LogP contribution < -0.4 is 5.32 Å². The van der Waals surface area contributed by atoms with Crippen molar-refractivity contribution in [3.8, 4) is 5.69 Å². The second-order valence-electron chi connectivity index (χ2n) is 7.81. The maximum atomic E-state index is 12.7. The molecule has 0 aliphatic heterocycles. The Balaban J connectivity index is 1.69. The molecule has 1 saturated carbocycles. The molecule has 1 amide bonds. The SMILES string of the molecule is Cc1ccc(-n2nnnc2S[C@H](C)C(=O)N[C@H]2CCC[C@H](C)[C@H]2C)c(C)c1. The van der Waals surface area contributed by atoms with E-state index in [0.717, 1.165) is 17.7 Å². The first-order valence-corrected chi connectivity index (χ1v) is 10.6. The molecule has 0 unspecified atom stereocenters. The lowest BCUT2D eigenvalue weighted by atomic mass is 9.78. The predicted molar refractivity (Wildman–Crippen MR) is 108 cm³/mol. The van der Waals surface area contributed by atoms with Crippen molar-refractivity contribution >= 4 is 17.7 Å². The van der Waals surface area contributed by atoms with Crippen molar-refractivity contribution in [1.82, 2.24) is 25.5 Å². The molecular formula is C20H29N5OS. The average molecular weight is 388 g/mol. The van der Waals surface area contributed by atoms with Gasteiger partial charge in [0.1, 0.15) is 0 Å². The van der Waals surface area contributed by atoms with E-state index < -0.39 is 0 Å². The Kier molecular flexibility index (Phi) is 6.19. The number of rotatable bonds is 5. The van der Waals surface area contributed by atoms with Crippen molar-refractivity contribution in [2.75, 3.05) is 0 Å². The van der Waals surface area contributed by atoms with E-state index >= 15 is 0 Å². The molecule has 1 fully saturated rings. The van der Waals surface area contributed by atoms with E-state index in [9.17, 15) is 4.79 Å². The van der Waals surface area contributed by atoms with Gasteiger partial charge in [-0.1, -0.05) is 56.1 Å². The lowest BCUT2D eigenvalue weighted by Gasteiger charge is -2.35. The van der Waals surface area contributed by atoms with Gasteiger partial charge in [-0.25, -0.2) is 0 Å². The number of tetrazole rings is 1. The maximum Gasteiger partial charge on any atom is 0.233 e. The molecule has 3 rings (SSSR count). The van der Waals surface area contributed by atoms with Gasteiger partial charge in [-0.05, 0) is 61.1 Å². The molecule has 1 aromatic heterocycles. The first-order chi connectivity index (χ1) is 12.9. The fraction of sp³-hybridized carbons (Fsp3) is 0.600. The average Bonchev–Trinajstić information content (AvgIpc) is 3.06. The van der Waals surface area contributed by atoms with Crippen LogP contribution >= 0.6 is 11.8 Å². The van der Waals surface area contributed by atoms with Crippen LogP contribution in [0, 0.1) is 25.7 Å². The number of nitrogens with one attached hydrogen (secondary N) is 1. The molecule has 6 nitrogen and oxygen atoms in total. The van der Waals surface area contributed by atoms with Crippen molar-refractivity contribution in [1.29, 1.82) is 0 Å². The van der Waals surface area contributed by atoms with Gasteiger partial charge in [0.05, 0.1) is 10.9 Å². The quantitative estimate of drug-likeness (QED) is 0.792. The van der Waals surface area contributed by atoms with E-state index in [1.807, 2.05) is 26.0 Å². The molecule has 1 aromatic carbocycles. The molecule has 0 bridgehead atoms. The summed E-state index contributed by atoms with van der Waals surface area (Å²) in [6.07, 6.45) is 3.50. The highest BCUT2D eigenvalue weighted by Gasteiger charge is 2.30. The van der Waals surface area contributed by atoms with Gasteiger partial charge >= 0.3 is 0 Å².